The number of rotatable bonds is 6. The van der Waals surface area contributed by atoms with Gasteiger partial charge in [0.1, 0.15) is 16.9 Å². The second-order valence-electron chi connectivity index (χ2n) is 14.1. The molecule has 5 nitrogen and oxygen atoms in total. The van der Waals surface area contributed by atoms with Crippen molar-refractivity contribution in [2.75, 3.05) is 0 Å². The van der Waals surface area contributed by atoms with E-state index in [0.717, 1.165) is 94.6 Å². The van der Waals surface area contributed by atoms with Crippen molar-refractivity contribution in [3.05, 3.63) is 194 Å². The number of para-hydroxylation sites is 1. The van der Waals surface area contributed by atoms with Crippen LogP contribution in [-0.2, 0) is 0 Å². The summed E-state index contributed by atoms with van der Waals surface area (Å²) in [5.41, 5.74) is 13.6. The van der Waals surface area contributed by atoms with Gasteiger partial charge in [-0.1, -0.05) is 152 Å². The number of pyridine rings is 1. The first-order chi connectivity index (χ1) is 27.7. The number of nitrogens with zero attached hydrogens (tertiary/aromatic N) is 4. The fourth-order valence-corrected chi connectivity index (χ4v) is 7.95. The van der Waals surface area contributed by atoms with E-state index in [1.54, 1.807) is 0 Å². The van der Waals surface area contributed by atoms with Crippen molar-refractivity contribution in [1.82, 2.24) is 19.6 Å². The lowest BCUT2D eigenvalue weighted by Crippen LogP contribution is -1.96. The second kappa shape index (κ2) is 13.0. The highest BCUT2D eigenvalue weighted by Gasteiger charge is 2.22. The van der Waals surface area contributed by atoms with E-state index < -0.39 is 0 Å². The zero-order valence-electron chi connectivity index (χ0n) is 30.2. The predicted octanol–water partition coefficient (Wildman–Crippen LogP) is 13.2. The molecular weight excluding hydrogens is 685 g/mol. The minimum Gasteiger partial charge on any atom is -0.456 e. The summed E-state index contributed by atoms with van der Waals surface area (Å²) < 4.78 is 8.30. The second-order valence-corrected chi connectivity index (χ2v) is 14.1. The molecule has 7 aromatic carbocycles. The van der Waals surface area contributed by atoms with Crippen LogP contribution >= 0.6 is 0 Å². The zero-order valence-corrected chi connectivity index (χ0v) is 30.2. The first-order valence-corrected chi connectivity index (χ1v) is 18.8. The highest BCUT2D eigenvalue weighted by molar-refractivity contribution is 6.09. The number of benzene rings is 7. The van der Waals surface area contributed by atoms with Gasteiger partial charge in [-0.05, 0) is 53.4 Å². The Balaban J connectivity index is 1.13. The third kappa shape index (κ3) is 5.37. The van der Waals surface area contributed by atoms with Gasteiger partial charge in [-0.2, -0.15) is 5.10 Å². The predicted molar refractivity (Wildman–Crippen MR) is 228 cm³/mol. The van der Waals surface area contributed by atoms with Gasteiger partial charge in [0.15, 0.2) is 5.82 Å². The van der Waals surface area contributed by atoms with Gasteiger partial charge in [-0.25, -0.2) is 14.5 Å². The summed E-state index contributed by atoms with van der Waals surface area (Å²) in [6.07, 6.45) is 0. The first kappa shape index (κ1) is 31.9. The molecule has 0 unspecified atom stereocenters. The largest absolute Gasteiger partial charge is 0.456 e. The van der Waals surface area contributed by atoms with Gasteiger partial charge >= 0.3 is 0 Å². The zero-order chi connectivity index (χ0) is 37.0. The van der Waals surface area contributed by atoms with Gasteiger partial charge in [-0.3, -0.25) is 0 Å². The lowest BCUT2D eigenvalue weighted by atomic mass is 9.95. The quantitative estimate of drug-likeness (QED) is 0.172. The lowest BCUT2D eigenvalue weighted by Gasteiger charge is -2.11. The van der Waals surface area contributed by atoms with Crippen molar-refractivity contribution in [3.63, 3.8) is 0 Å². The monoisotopic (exact) mass is 716 g/mol. The molecule has 0 spiro atoms. The summed E-state index contributed by atoms with van der Waals surface area (Å²) in [5.74, 6) is 0.664. The van der Waals surface area contributed by atoms with E-state index in [2.05, 4.69) is 156 Å². The third-order valence-corrected chi connectivity index (χ3v) is 10.6. The van der Waals surface area contributed by atoms with Crippen LogP contribution in [0.2, 0.25) is 0 Å². The Hall–Kier alpha value is -7.63. The molecule has 0 bridgehead atoms. The van der Waals surface area contributed by atoms with E-state index in [9.17, 15) is 0 Å². The molecule has 0 aliphatic carbocycles. The average Bonchev–Trinajstić information content (AvgIpc) is 3.86. The molecule has 0 saturated carbocycles. The van der Waals surface area contributed by atoms with E-state index in [1.807, 2.05) is 42.5 Å². The summed E-state index contributed by atoms with van der Waals surface area (Å²) in [6.45, 7) is 0. The van der Waals surface area contributed by atoms with Crippen LogP contribution in [0.25, 0.3) is 106 Å². The maximum absolute atomic E-state index is 6.16. The van der Waals surface area contributed by atoms with Gasteiger partial charge in [-0.15, -0.1) is 0 Å². The van der Waals surface area contributed by atoms with Crippen molar-refractivity contribution in [2.45, 2.75) is 0 Å². The molecule has 11 rings (SSSR count). The number of hydrogen-bond donors (Lipinski definition) is 0. The Bertz CT molecular complexity index is 3240. The van der Waals surface area contributed by atoms with E-state index in [4.69, 9.17) is 19.5 Å². The topological polar surface area (TPSA) is 56.2 Å². The van der Waals surface area contributed by atoms with Crippen LogP contribution in [0, 0.1) is 0 Å². The average molecular weight is 717 g/mol. The molecule has 0 fully saturated rings. The number of aromatic nitrogens is 4. The molecule has 11 aromatic rings. The molecule has 0 saturated heterocycles. The Labute approximate surface area is 322 Å². The summed E-state index contributed by atoms with van der Waals surface area (Å²) >= 11 is 0. The molecule has 0 aliphatic rings. The Morgan fingerprint density at radius 1 is 0.393 bits per heavy atom. The summed E-state index contributed by atoms with van der Waals surface area (Å²) in [4.78, 5) is 10.3. The molecule has 56 heavy (non-hydrogen) atoms. The molecule has 4 heterocycles. The van der Waals surface area contributed by atoms with Crippen molar-refractivity contribution in [2.24, 2.45) is 0 Å². The standard InChI is InChI=1S/C51H32N4O/c1-4-15-33(16-5-1)45-31-36-21-10-11-24-40(36)50-48(34-17-6-2-7-18-34)49(54-55(45)50)39-23-14-22-37(29-39)43-32-44(53-51(52-43)35-19-8-3-9-20-35)38-27-28-47-42(30-38)41-25-12-13-26-46(41)56-47/h1-32H. The Morgan fingerprint density at radius 3 is 1.75 bits per heavy atom. The van der Waals surface area contributed by atoms with Crippen LogP contribution in [0.3, 0.4) is 0 Å². The van der Waals surface area contributed by atoms with Gasteiger partial charge < -0.3 is 4.42 Å². The van der Waals surface area contributed by atoms with Gasteiger partial charge in [0.2, 0.25) is 0 Å². The minimum absolute atomic E-state index is 0.664. The maximum Gasteiger partial charge on any atom is 0.160 e. The van der Waals surface area contributed by atoms with Crippen molar-refractivity contribution in [3.8, 4) is 67.5 Å². The van der Waals surface area contributed by atoms with Crippen molar-refractivity contribution >= 4 is 38.2 Å². The first-order valence-electron chi connectivity index (χ1n) is 18.8. The van der Waals surface area contributed by atoms with Gasteiger partial charge in [0, 0.05) is 49.5 Å². The lowest BCUT2D eigenvalue weighted by molar-refractivity contribution is 0.669. The molecule has 4 aromatic heterocycles. The number of furan rings is 1. The van der Waals surface area contributed by atoms with Crippen LogP contribution in [0.1, 0.15) is 0 Å². The Morgan fingerprint density at radius 2 is 0.982 bits per heavy atom. The number of fused-ring (bicyclic) bond motifs is 6. The van der Waals surface area contributed by atoms with E-state index in [1.165, 1.54) is 5.39 Å². The highest BCUT2D eigenvalue weighted by atomic mass is 16.3. The highest BCUT2D eigenvalue weighted by Crippen LogP contribution is 2.42. The van der Waals surface area contributed by atoms with Crippen LogP contribution in [-0.4, -0.2) is 19.6 Å². The maximum atomic E-state index is 6.16. The summed E-state index contributed by atoms with van der Waals surface area (Å²) in [5, 5.41) is 9.93. The van der Waals surface area contributed by atoms with Crippen LogP contribution in [0.15, 0.2) is 199 Å². The normalized spacial score (nSPS) is 11.6. The molecule has 0 radical (unpaired) electrons. The molecule has 0 aliphatic heterocycles. The fraction of sp³-hybridized carbons (Fsp3) is 0. The van der Waals surface area contributed by atoms with Crippen LogP contribution < -0.4 is 0 Å². The molecule has 0 amide bonds. The summed E-state index contributed by atoms with van der Waals surface area (Å²) in [6, 6.07) is 67.3. The van der Waals surface area contributed by atoms with E-state index in [-0.39, 0.29) is 0 Å². The minimum atomic E-state index is 0.664. The molecule has 5 heteroatoms. The van der Waals surface area contributed by atoms with Gasteiger partial charge in [0.25, 0.3) is 0 Å². The molecular formula is C51H32N4O. The van der Waals surface area contributed by atoms with E-state index in [0.29, 0.717) is 5.82 Å². The molecule has 0 N–H and O–H groups in total. The smallest absolute Gasteiger partial charge is 0.160 e. The van der Waals surface area contributed by atoms with E-state index >= 15 is 0 Å². The SMILES string of the molecule is c1ccc(-c2nc(-c3cccc(-c4nn5c(-c6ccccc6)cc6ccccc6c5c4-c4ccccc4)c3)cc(-c3ccc4oc5ccccc5c4c3)n2)cc1. The third-order valence-electron chi connectivity index (χ3n) is 10.6. The van der Waals surface area contributed by atoms with Crippen molar-refractivity contribution < 1.29 is 4.42 Å². The fourth-order valence-electron chi connectivity index (χ4n) is 7.95. The number of hydrogen-bond acceptors (Lipinski definition) is 4. The van der Waals surface area contributed by atoms with Gasteiger partial charge in [0.05, 0.1) is 22.6 Å². The molecule has 262 valence electrons. The Kier molecular flexibility index (Phi) is 7.42. The van der Waals surface area contributed by atoms with Crippen LogP contribution in [0.5, 0.6) is 0 Å². The van der Waals surface area contributed by atoms with Crippen LogP contribution in [0.4, 0.5) is 0 Å². The summed E-state index contributed by atoms with van der Waals surface area (Å²) in [7, 11) is 0. The van der Waals surface area contributed by atoms with Crippen molar-refractivity contribution in [1.29, 1.82) is 0 Å². The molecule has 0 atom stereocenters.